The molecule has 2 bridgehead atoms. The van der Waals surface area contributed by atoms with Crippen molar-refractivity contribution >= 4 is 27.8 Å². The third-order valence-corrected chi connectivity index (χ3v) is 7.88. The highest BCUT2D eigenvalue weighted by atomic mass is 79.9. The number of amides is 1. The van der Waals surface area contributed by atoms with E-state index in [0.29, 0.717) is 17.0 Å². The Bertz CT molecular complexity index is 1450. The molecule has 3 aliphatic rings. The monoisotopic (exact) mass is 529 g/mol. The molecule has 1 heterocycles. The molecule has 0 saturated heterocycles. The molecular formula is C26H20BrN5O3. The molecule has 4 aromatic rings. The number of aromatic amines is 1. The molecule has 3 aromatic carbocycles. The maximum atomic E-state index is 13.8. The third-order valence-electron chi connectivity index (χ3n) is 7.35. The molecule has 9 heteroatoms. The van der Waals surface area contributed by atoms with Crippen LogP contribution in [-0.4, -0.2) is 26.0 Å². The van der Waals surface area contributed by atoms with Crippen molar-refractivity contribution in [1.82, 2.24) is 15.2 Å². The second kappa shape index (κ2) is 7.58. The standard InChI is InChI=1S/C26H20BrN5O3/c1-25(23(33)29-24-28-22(30-31-24)15-10-12-16(27)13-11-15)14-26(32(34)35)19-8-4-2-6-17(19)21(25)18-7-3-5-9-20(18)26/h2-13,21H,14H2,1H3,(H2,28,29,30,31,33)/t21?,25-,26?/m0/s1. The van der Waals surface area contributed by atoms with Gasteiger partial charge in [0.15, 0.2) is 5.82 Å². The Kier molecular flexibility index (Phi) is 4.69. The smallest absolute Gasteiger partial charge is 0.273 e. The fourth-order valence-corrected chi connectivity index (χ4v) is 6.11. The van der Waals surface area contributed by atoms with Gasteiger partial charge in [-0.15, -0.1) is 5.10 Å². The summed E-state index contributed by atoms with van der Waals surface area (Å²) in [6.07, 6.45) is 0.0432. The Labute approximate surface area is 209 Å². The summed E-state index contributed by atoms with van der Waals surface area (Å²) < 4.78 is 0.940. The van der Waals surface area contributed by atoms with Gasteiger partial charge in [-0.25, -0.2) is 0 Å². The van der Waals surface area contributed by atoms with E-state index in [-0.39, 0.29) is 29.1 Å². The molecule has 0 radical (unpaired) electrons. The molecule has 2 N–H and O–H groups in total. The number of carbonyl (C=O) groups is 1. The molecule has 1 atom stereocenters. The number of aromatic nitrogens is 3. The van der Waals surface area contributed by atoms with Crippen LogP contribution in [0.1, 0.15) is 41.5 Å². The van der Waals surface area contributed by atoms with Crippen molar-refractivity contribution in [2.45, 2.75) is 24.8 Å². The lowest BCUT2D eigenvalue weighted by Crippen LogP contribution is -2.57. The van der Waals surface area contributed by atoms with Gasteiger partial charge in [0.25, 0.3) is 5.54 Å². The molecule has 8 nitrogen and oxygen atoms in total. The van der Waals surface area contributed by atoms with Gasteiger partial charge in [-0.2, -0.15) is 4.98 Å². The Morgan fingerprint density at radius 2 is 1.66 bits per heavy atom. The van der Waals surface area contributed by atoms with Crippen LogP contribution in [0, 0.1) is 15.5 Å². The first-order valence-corrected chi connectivity index (χ1v) is 12.0. The summed E-state index contributed by atoms with van der Waals surface area (Å²) in [6, 6.07) is 22.4. The minimum absolute atomic E-state index is 0.0432. The van der Waals surface area contributed by atoms with Crippen molar-refractivity contribution in [2.24, 2.45) is 5.41 Å². The minimum atomic E-state index is -1.50. The van der Waals surface area contributed by atoms with Gasteiger partial charge in [0.05, 0.1) is 5.41 Å². The van der Waals surface area contributed by atoms with E-state index in [0.717, 1.165) is 21.2 Å². The molecule has 0 unspecified atom stereocenters. The van der Waals surface area contributed by atoms with Gasteiger partial charge in [0.2, 0.25) is 11.9 Å². The van der Waals surface area contributed by atoms with Gasteiger partial charge in [-0.3, -0.25) is 25.3 Å². The van der Waals surface area contributed by atoms with E-state index in [2.05, 4.69) is 36.4 Å². The highest BCUT2D eigenvalue weighted by Crippen LogP contribution is 2.63. The van der Waals surface area contributed by atoms with E-state index in [4.69, 9.17) is 0 Å². The highest BCUT2D eigenvalue weighted by molar-refractivity contribution is 9.10. The molecule has 0 aliphatic heterocycles. The van der Waals surface area contributed by atoms with Crippen molar-refractivity contribution in [3.8, 4) is 11.4 Å². The molecule has 1 amide bonds. The van der Waals surface area contributed by atoms with Crippen LogP contribution in [0.3, 0.4) is 0 Å². The number of rotatable bonds is 4. The third kappa shape index (κ3) is 3.01. The predicted octanol–water partition coefficient (Wildman–Crippen LogP) is 5.25. The molecule has 7 rings (SSSR count). The summed E-state index contributed by atoms with van der Waals surface area (Å²) >= 11 is 3.41. The zero-order valence-corrected chi connectivity index (χ0v) is 20.2. The number of benzene rings is 3. The lowest BCUT2D eigenvalue weighted by molar-refractivity contribution is -0.573. The summed E-state index contributed by atoms with van der Waals surface area (Å²) in [5, 5.41) is 22.6. The number of hydrogen-bond donors (Lipinski definition) is 2. The summed E-state index contributed by atoms with van der Waals surface area (Å²) in [4.78, 5) is 30.8. The van der Waals surface area contributed by atoms with Crippen LogP contribution < -0.4 is 5.32 Å². The molecule has 35 heavy (non-hydrogen) atoms. The number of anilines is 1. The number of nitro groups is 1. The van der Waals surface area contributed by atoms with Crippen LogP contribution in [0.5, 0.6) is 0 Å². The van der Waals surface area contributed by atoms with Crippen LogP contribution in [-0.2, 0) is 10.3 Å². The van der Waals surface area contributed by atoms with Gasteiger partial charge in [0.1, 0.15) is 0 Å². The SMILES string of the molecule is C[C@]1(C(=O)Nc2n[nH]c(-c3ccc(Br)cc3)n2)CC2([N+](=O)[O-])c3ccccc3C1c1ccccc12. The van der Waals surface area contributed by atoms with Crippen molar-refractivity contribution in [3.63, 3.8) is 0 Å². The fraction of sp³-hybridized carbons (Fsp3) is 0.192. The number of fused-ring (bicyclic) bond motifs is 1. The molecular weight excluding hydrogens is 510 g/mol. The molecule has 0 spiro atoms. The van der Waals surface area contributed by atoms with E-state index in [9.17, 15) is 14.9 Å². The zero-order chi connectivity index (χ0) is 24.4. The van der Waals surface area contributed by atoms with E-state index in [1.54, 1.807) is 6.92 Å². The number of halogens is 1. The zero-order valence-electron chi connectivity index (χ0n) is 18.7. The van der Waals surface area contributed by atoms with Gasteiger partial charge in [0, 0.05) is 38.4 Å². The number of carbonyl (C=O) groups excluding carboxylic acids is 1. The average molecular weight is 530 g/mol. The average Bonchev–Trinajstić information content (AvgIpc) is 3.33. The lowest BCUT2D eigenvalue weighted by Gasteiger charge is -2.52. The Balaban J connectivity index is 1.42. The maximum absolute atomic E-state index is 13.8. The minimum Gasteiger partial charge on any atom is -0.293 e. The van der Waals surface area contributed by atoms with E-state index >= 15 is 0 Å². The van der Waals surface area contributed by atoms with Gasteiger partial charge in [-0.05, 0) is 30.2 Å². The lowest BCUT2D eigenvalue weighted by atomic mass is 9.49. The molecule has 0 saturated carbocycles. The van der Waals surface area contributed by atoms with Gasteiger partial charge < -0.3 is 0 Å². The fourth-order valence-electron chi connectivity index (χ4n) is 5.85. The van der Waals surface area contributed by atoms with Crippen molar-refractivity contribution < 1.29 is 9.72 Å². The summed E-state index contributed by atoms with van der Waals surface area (Å²) in [7, 11) is 0. The van der Waals surface area contributed by atoms with Crippen molar-refractivity contribution in [3.05, 3.63) is 110 Å². The second-order valence-electron chi connectivity index (χ2n) is 9.29. The quantitative estimate of drug-likeness (QED) is 0.277. The summed E-state index contributed by atoms with van der Waals surface area (Å²) in [5.74, 6) is -0.0337. The number of nitrogens with zero attached hydrogens (tertiary/aromatic N) is 3. The van der Waals surface area contributed by atoms with Crippen molar-refractivity contribution in [1.29, 1.82) is 0 Å². The molecule has 174 valence electrons. The Morgan fingerprint density at radius 1 is 1.06 bits per heavy atom. The molecule has 1 aromatic heterocycles. The van der Waals surface area contributed by atoms with Gasteiger partial charge >= 0.3 is 0 Å². The van der Waals surface area contributed by atoms with Gasteiger partial charge in [-0.1, -0.05) is 76.6 Å². The van der Waals surface area contributed by atoms with E-state index < -0.39 is 11.0 Å². The van der Waals surface area contributed by atoms with Crippen molar-refractivity contribution in [2.75, 3.05) is 5.32 Å². The Hall–Kier alpha value is -3.85. The predicted molar refractivity (Wildman–Crippen MR) is 133 cm³/mol. The van der Waals surface area contributed by atoms with Crippen LogP contribution >= 0.6 is 15.9 Å². The van der Waals surface area contributed by atoms with Crippen LogP contribution in [0.25, 0.3) is 11.4 Å². The van der Waals surface area contributed by atoms with Crippen LogP contribution in [0.4, 0.5) is 5.95 Å². The number of hydrogen-bond acceptors (Lipinski definition) is 5. The van der Waals surface area contributed by atoms with E-state index in [1.807, 2.05) is 72.8 Å². The Morgan fingerprint density at radius 3 is 2.26 bits per heavy atom. The van der Waals surface area contributed by atoms with Crippen LogP contribution in [0.15, 0.2) is 77.3 Å². The second-order valence-corrected chi connectivity index (χ2v) is 10.2. The summed E-state index contributed by atoms with van der Waals surface area (Å²) in [5.41, 5.74) is 1.18. The maximum Gasteiger partial charge on any atom is 0.273 e. The topological polar surface area (TPSA) is 114 Å². The first-order valence-electron chi connectivity index (χ1n) is 11.2. The molecule has 3 aliphatic carbocycles. The summed E-state index contributed by atoms with van der Waals surface area (Å²) in [6.45, 7) is 1.80. The normalized spacial score (nSPS) is 23.9. The van der Waals surface area contributed by atoms with Crippen LogP contribution in [0.2, 0.25) is 0 Å². The first-order chi connectivity index (χ1) is 16.8. The molecule has 0 fully saturated rings. The largest absolute Gasteiger partial charge is 0.293 e. The number of nitrogens with one attached hydrogen (secondary N) is 2. The highest BCUT2D eigenvalue weighted by Gasteiger charge is 2.67. The number of H-pyrrole nitrogens is 1. The first kappa shape index (κ1) is 21.7. The van der Waals surface area contributed by atoms with E-state index in [1.165, 1.54) is 0 Å².